The van der Waals surface area contributed by atoms with Gasteiger partial charge < -0.3 is 9.47 Å². The van der Waals surface area contributed by atoms with Crippen molar-refractivity contribution >= 4 is 17.2 Å². The van der Waals surface area contributed by atoms with Crippen molar-refractivity contribution in [2.45, 2.75) is 6.61 Å². The molecule has 0 atom stereocenters. The number of hydrogen-bond acceptors (Lipinski definition) is 5. The summed E-state index contributed by atoms with van der Waals surface area (Å²) in [5.74, 6) is 5.42. The molecule has 1 amide bonds. The first-order valence-electron chi connectivity index (χ1n) is 6.13. The molecule has 5 nitrogen and oxygen atoms in total. The summed E-state index contributed by atoms with van der Waals surface area (Å²) in [6.45, 7) is 1.59. The summed E-state index contributed by atoms with van der Waals surface area (Å²) >= 11 is 1.67. The Morgan fingerprint density at radius 2 is 2.00 bits per heavy atom. The largest absolute Gasteiger partial charge is 0.491 e. The van der Waals surface area contributed by atoms with Gasteiger partial charge in [-0.3, -0.25) is 10.2 Å². The highest BCUT2D eigenvalue weighted by molar-refractivity contribution is 7.09. The summed E-state index contributed by atoms with van der Waals surface area (Å²) in [6, 6.07) is 10.8. The van der Waals surface area contributed by atoms with Crippen molar-refractivity contribution in [2.24, 2.45) is 5.84 Å². The highest BCUT2D eigenvalue weighted by Gasteiger charge is 2.02. The highest BCUT2D eigenvalue weighted by Crippen LogP contribution is 2.12. The Morgan fingerprint density at radius 1 is 1.20 bits per heavy atom. The van der Waals surface area contributed by atoms with Gasteiger partial charge in [-0.15, -0.1) is 11.3 Å². The molecule has 0 aliphatic heterocycles. The third kappa shape index (κ3) is 4.34. The lowest BCUT2D eigenvalue weighted by Crippen LogP contribution is -2.29. The maximum atomic E-state index is 11.2. The van der Waals surface area contributed by atoms with E-state index in [2.05, 4.69) is 5.43 Å². The van der Waals surface area contributed by atoms with E-state index in [1.165, 1.54) is 4.88 Å². The maximum Gasteiger partial charge on any atom is 0.265 e. The molecule has 0 bridgehead atoms. The number of benzene rings is 1. The summed E-state index contributed by atoms with van der Waals surface area (Å²) in [6.07, 6.45) is 0. The number of thiophene rings is 1. The van der Waals surface area contributed by atoms with E-state index in [9.17, 15) is 4.79 Å². The minimum atomic E-state index is -0.323. The zero-order valence-corrected chi connectivity index (χ0v) is 11.7. The van der Waals surface area contributed by atoms with E-state index in [1.807, 2.05) is 17.5 Å². The second-order valence-electron chi connectivity index (χ2n) is 3.98. The monoisotopic (exact) mass is 292 g/mol. The van der Waals surface area contributed by atoms with Crippen LogP contribution in [0.2, 0.25) is 0 Å². The fraction of sp³-hybridized carbons (Fsp3) is 0.214. The molecule has 1 aromatic carbocycles. The summed E-state index contributed by atoms with van der Waals surface area (Å²) in [5, 5.41) is 2.02. The predicted molar refractivity (Wildman–Crippen MR) is 77.6 cm³/mol. The van der Waals surface area contributed by atoms with Gasteiger partial charge in [-0.1, -0.05) is 6.07 Å². The molecule has 6 heteroatoms. The Kier molecular flexibility index (Phi) is 5.55. The number of carbonyl (C=O) groups is 1. The zero-order valence-electron chi connectivity index (χ0n) is 10.9. The SMILES string of the molecule is NNC(=O)c1ccc(OCCOCc2cccs2)cc1. The van der Waals surface area contributed by atoms with Crippen molar-refractivity contribution in [3.8, 4) is 5.75 Å². The zero-order chi connectivity index (χ0) is 14.2. The van der Waals surface area contributed by atoms with Gasteiger partial charge in [-0.05, 0) is 35.7 Å². The Labute approximate surface area is 121 Å². The van der Waals surface area contributed by atoms with Gasteiger partial charge in [0, 0.05) is 10.4 Å². The van der Waals surface area contributed by atoms with Crippen LogP contribution in [0, 0.1) is 0 Å². The van der Waals surface area contributed by atoms with E-state index in [0.717, 1.165) is 0 Å². The van der Waals surface area contributed by atoms with Gasteiger partial charge in [0.05, 0.1) is 13.2 Å². The van der Waals surface area contributed by atoms with E-state index >= 15 is 0 Å². The maximum absolute atomic E-state index is 11.2. The van der Waals surface area contributed by atoms with E-state index in [0.29, 0.717) is 31.1 Å². The van der Waals surface area contributed by atoms with Gasteiger partial charge in [-0.25, -0.2) is 5.84 Å². The first-order chi connectivity index (χ1) is 9.79. The Morgan fingerprint density at radius 3 is 2.65 bits per heavy atom. The minimum Gasteiger partial charge on any atom is -0.491 e. The van der Waals surface area contributed by atoms with Crippen LogP contribution in [0.3, 0.4) is 0 Å². The molecule has 2 aromatic rings. The first-order valence-corrected chi connectivity index (χ1v) is 7.01. The lowest BCUT2D eigenvalue weighted by atomic mass is 10.2. The molecule has 1 heterocycles. The Balaban J connectivity index is 1.67. The fourth-order valence-electron chi connectivity index (χ4n) is 1.57. The van der Waals surface area contributed by atoms with Gasteiger partial charge in [0.2, 0.25) is 0 Å². The second kappa shape index (κ2) is 7.64. The lowest BCUT2D eigenvalue weighted by molar-refractivity contribution is 0.0904. The number of nitrogen functional groups attached to an aromatic ring is 1. The van der Waals surface area contributed by atoms with Crippen LogP contribution in [0.15, 0.2) is 41.8 Å². The molecule has 3 N–H and O–H groups in total. The molecule has 1 aromatic heterocycles. The number of amides is 1. The molecular weight excluding hydrogens is 276 g/mol. The van der Waals surface area contributed by atoms with Gasteiger partial charge >= 0.3 is 0 Å². The Bertz CT molecular complexity index is 526. The van der Waals surface area contributed by atoms with E-state index < -0.39 is 0 Å². The van der Waals surface area contributed by atoms with E-state index in [4.69, 9.17) is 15.3 Å². The Hall–Kier alpha value is -1.89. The summed E-state index contributed by atoms with van der Waals surface area (Å²) < 4.78 is 11.0. The molecule has 0 unspecified atom stereocenters. The molecule has 0 aliphatic rings. The summed E-state index contributed by atoms with van der Waals surface area (Å²) in [4.78, 5) is 12.4. The summed E-state index contributed by atoms with van der Waals surface area (Å²) in [5.41, 5.74) is 2.57. The van der Waals surface area contributed by atoms with Gasteiger partial charge in [-0.2, -0.15) is 0 Å². The molecule has 0 saturated heterocycles. The molecular formula is C14H16N2O3S. The van der Waals surface area contributed by atoms with Crippen molar-refractivity contribution in [2.75, 3.05) is 13.2 Å². The van der Waals surface area contributed by atoms with Crippen LogP contribution in [-0.2, 0) is 11.3 Å². The van der Waals surface area contributed by atoms with Crippen molar-refractivity contribution in [1.29, 1.82) is 0 Å². The van der Waals surface area contributed by atoms with Gasteiger partial charge in [0.25, 0.3) is 5.91 Å². The van der Waals surface area contributed by atoms with Crippen molar-refractivity contribution < 1.29 is 14.3 Å². The average Bonchev–Trinajstić information content (AvgIpc) is 3.00. The lowest BCUT2D eigenvalue weighted by Gasteiger charge is -2.07. The van der Waals surface area contributed by atoms with Crippen LogP contribution in [-0.4, -0.2) is 19.1 Å². The number of hydrogen-bond donors (Lipinski definition) is 2. The molecule has 0 spiro atoms. The van der Waals surface area contributed by atoms with Gasteiger partial charge in [0.1, 0.15) is 12.4 Å². The number of ether oxygens (including phenoxy) is 2. The van der Waals surface area contributed by atoms with E-state index in [-0.39, 0.29) is 5.91 Å². The third-order valence-electron chi connectivity index (χ3n) is 2.57. The molecule has 0 aliphatic carbocycles. The number of carbonyl (C=O) groups excluding carboxylic acids is 1. The average molecular weight is 292 g/mol. The van der Waals surface area contributed by atoms with Crippen LogP contribution in [0.4, 0.5) is 0 Å². The number of hydrazine groups is 1. The number of nitrogens with two attached hydrogens (primary N) is 1. The van der Waals surface area contributed by atoms with Crippen LogP contribution in [0.5, 0.6) is 5.75 Å². The molecule has 20 heavy (non-hydrogen) atoms. The summed E-state index contributed by atoms with van der Waals surface area (Å²) in [7, 11) is 0. The number of rotatable bonds is 7. The third-order valence-corrected chi connectivity index (χ3v) is 3.42. The van der Waals surface area contributed by atoms with E-state index in [1.54, 1.807) is 35.6 Å². The van der Waals surface area contributed by atoms with Crippen molar-refractivity contribution in [1.82, 2.24) is 5.43 Å². The van der Waals surface area contributed by atoms with Crippen LogP contribution < -0.4 is 16.0 Å². The van der Waals surface area contributed by atoms with Crippen LogP contribution >= 0.6 is 11.3 Å². The normalized spacial score (nSPS) is 10.2. The quantitative estimate of drug-likeness (QED) is 0.354. The predicted octanol–water partition coefficient (Wildman–Crippen LogP) is 1.95. The molecule has 2 rings (SSSR count). The molecule has 0 saturated carbocycles. The molecule has 0 fully saturated rings. The molecule has 106 valence electrons. The van der Waals surface area contributed by atoms with Crippen LogP contribution in [0.1, 0.15) is 15.2 Å². The smallest absolute Gasteiger partial charge is 0.265 e. The van der Waals surface area contributed by atoms with Crippen molar-refractivity contribution in [3.05, 3.63) is 52.2 Å². The van der Waals surface area contributed by atoms with Crippen molar-refractivity contribution in [3.63, 3.8) is 0 Å². The van der Waals surface area contributed by atoms with Gasteiger partial charge in [0.15, 0.2) is 0 Å². The van der Waals surface area contributed by atoms with Crippen LogP contribution in [0.25, 0.3) is 0 Å². The fourth-order valence-corrected chi connectivity index (χ4v) is 2.21. The first kappa shape index (κ1) is 14.5. The minimum absolute atomic E-state index is 0.323. The highest BCUT2D eigenvalue weighted by atomic mass is 32.1. The second-order valence-corrected chi connectivity index (χ2v) is 5.01. The standard InChI is InChI=1S/C14H16N2O3S/c15-16-14(17)11-3-5-12(6-4-11)19-8-7-18-10-13-2-1-9-20-13/h1-6,9H,7-8,10,15H2,(H,16,17). The molecule has 0 radical (unpaired) electrons. The number of nitrogens with one attached hydrogen (secondary N) is 1. The topological polar surface area (TPSA) is 73.6 Å².